The molecule has 0 saturated heterocycles. The van der Waals surface area contributed by atoms with E-state index in [9.17, 15) is 4.79 Å². The molecule has 4 rings (SSSR count). The maximum Gasteiger partial charge on any atom is 0.152 e. The number of benzene rings is 2. The number of fused-ring (bicyclic) bond motifs is 5. The highest BCUT2D eigenvalue weighted by Crippen LogP contribution is 2.36. The summed E-state index contributed by atoms with van der Waals surface area (Å²) in [7, 11) is 0. The monoisotopic (exact) mass is 285 g/mol. The van der Waals surface area contributed by atoms with Gasteiger partial charge in [0.15, 0.2) is 6.29 Å². The van der Waals surface area contributed by atoms with Crippen molar-refractivity contribution in [2.24, 2.45) is 0 Å². The Kier molecular flexibility index (Phi) is 2.22. The SMILES string of the molecule is O=Cc1c2cc(Cl)ccc2n2sc3ccccc3c12. The lowest BCUT2D eigenvalue weighted by Gasteiger charge is -1.93. The molecule has 0 bridgehead atoms. The molecule has 0 aliphatic carbocycles. The van der Waals surface area contributed by atoms with Crippen molar-refractivity contribution >= 4 is 55.9 Å². The lowest BCUT2D eigenvalue weighted by Crippen LogP contribution is -1.77. The third-order valence-corrected chi connectivity index (χ3v) is 4.73. The average molecular weight is 286 g/mol. The van der Waals surface area contributed by atoms with Crippen LogP contribution in [0.3, 0.4) is 0 Å². The van der Waals surface area contributed by atoms with Crippen molar-refractivity contribution in [3.05, 3.63) is 53.1 Å². The summed E-state index contributed by atoms with van der Waals surface area (Å²) in [5.41, 5.74) is 2.73. The molecule has 2 nitrogen and oxygen atoms in total. The fourth-order valence-corrected chi connectivity index (χ4v) is 3.88. The van der Waals surface area contributed by atoms with Crippen LogP contribution in [0.15, 0.2) is 42.5 Å². The summed E-state index contributed by atoms with van der Waals surface area (Å²) in [6.07, 6.45) is 0.924. The van der Waals surface area contributed by atoms with Crippen molar-refractivity contribution in [1.82, 2.24) is 3.79 Å². The van der Waals surface area contributed by atoms with Gasteiger partial charge in [-0.1, -0.05) is 41.3 Å². The Bertz CT molecular complexity index is 951. The number of carbonyl (C=O) groups excluding carboxylic acids is 1. The summed E-state index contributed by atoms with van der Waals surface area (Å²) in [5, 5.41) is 2.68. The summed E-state index contributed by atoms with van der Waals surface area (Å²) in [5.74, 6) is 0. The van der Waals surface area contributed by atoms with Crippen LogP contribution < -0.4 is 0 Å². The first-order valence-corrected chi connectivity index (χ1v) is 7.01. The maximum absolute atomic E-state index is 11.5. The quantitative estimate of drug-likeness (QED) is 0.462. The predicted molar refractivity (Wildman–Crippen MR) is 80.7 cm³/mol. The van der Waals surface area contributed by atoms with E-state index in [2.05, 4.69) is 15.9 Å². The summed E-state index contributed by atoms with van der Waals surface area (Å²) in [4.78, 5) is 11.5. The van der Waals surface area contributed by atoms with Crippen LogP contribution in [0.4, 0.5) is 0 Å². The lowest BCUT2D eigenvalue weighted by molar-refractivity contribution is 0.112. The number of hydrogen-bond acceptors (Lipinski definition) is 2. The third-order valence-electron chi connectivity index (χ3n) is 3.38. The van der Waals surface area contributed by atoms with Crippen LogP contribution in [0.5, 0.6) is 0 Å². The van der Waals surface area contributed by atoms with Crippen LogP contribution in [-0.4, -0.2) is 10.1 Å². The van der Waals surface area contributed by atoms with Gasteiger partial charge in [-0.25, -0.2) is 0 Å². The Labute approximate surface area is 118 Å². The van der Waals surface area contributed by atoms with Crippen LogP contribution >= 0.6 is 23.1 Å². The molecule has 19 heavy (non-hydrogen) atoms. The molecule has 92 valence electrons. The second kappa shape index (κ2) is 3.83. The summed E-state index contributed by atoms with van der Waals surface area (Å²) < 4.78 is 3.29. The molecule has 0 spiro atoms. The fraction of sp³-hybridized carbons (Fsp3) is 0. The smallest absolute Gasteiger partial charge is 0.152 e. The molecule has 0 atom stereocenters. The highest BCUT2D eigenvalue weighted by Gasteiger charge is 2.16. The average Bonchev–Trinajstić information content (AvgIpc) is 2.92. The Hall–Kier alpha value is -1.84. The van der Waals surface area contributed by atoms with E-state index in [-0.39, 0.29) is 0 Å². The Morgan fingerprint density at radius 3 is 2.79 bits per heavy atom. The second-order valence-electron chi connectivity index (χ2n) is 4.42. The number of rotatable bonds is 1. The van der Waals surface area contributed by atoms with E-state index in [1.165, 1.54) is 4.70 Å². The molecule has 2 aromatic carbocycles. The molecule has 2 aromatic heterocycles. The molecule has 0 N–H and O–H groups in total. The first-order chi connectivity index (χ1) is 9.29. The van der Waals surface area contributed by atoms with E-state index in [0.717, 1.165) is 33.7 Å². The molecule has 0 aliphatic heterocycles. The second-order valence-corrected chi connectivity index (χ2v) is 5.85. The van der Waals surface area contributed by atoms with Crippen LogP contribution in [0, 0.1) is 0 Å². The van der Waals surface area contributed by atoms with Gasteiger partial charge in [-0.3, -0.25) is 8.58 Å². The van der Waals surface area contributed by atoms with Gasteiger partial charge in [0.25, 0.3) is 0 Å². The molecule has 0 fully saturated rings. The summed E-state index contributed by atoms with van der Waals surface area (Å²) in [6, 6.07) is 13.8. The first kappa shape index (κ1) is 11.0. The molecular formula is C15H8ClNOS. The third kappa shape index (κ3) is 1.40. The molecule has 0 unspecified atom stereocenters. The van der Waals surface area contributed by atoms with E-state index in [1.54, 1.807) is 11.5 Å². The normalized spacial score (nSPS) is 11.6. The molecule has 0 aliphatic rings. The molecule has 0 radical (unpaired) electrons. The molecule has 0 amide bonds. The van der Waals surface area contributed by atoms with Gasteiger partial charge in [0, 0.05) is 21.4 Å². The number of carbonyl (C=O) groups is 1. The van der Waals surface area contributed by atoms with E-state index in [4.69, 9.17) is 11.6 Å². The maximum atomic E-state index is 11.5. The zero-order valence-corrected chi connectivity index (χ0v) is 11.3. The Morgan fingerprint density at radius 2 is 1.95 bits per heavy atom. The van der Waals surface area contributed by atoms with Crippen LogP contribution in [-0.2, 0) is 0 Å². The number of nitrogens with zero attached hydrogens (tertiary/aromatic N) is 1. The van der Waals surface area contributed by atoms with Crippen LogP contribution in [0.1, 0.15) is 10.4 Å². The summed E-state index contributed by atoms with van der Waals surface area (Å²) in [6.45, 7) is 0. The molecule has 4 aromatic rings. The van der Waals surface area contributed by atoms with Crippen molar-refractivity contribution < 1.29 is 4.79 Å². The largest absolute Gasteiger partial charge is 0.298 e. The van der Waals surface area contributed by atoms with Crippen molar-refractivity contribution in [3.63, 3.8) is 0 Å². The molecule has 2 heterocycles. The van der Waals surface area contributed by atoms with E-state index in [0.29, 0.717) is 5.02 Å². The zero-order chi connectivity index (χ0) is 13.0. The molecule has 4 heteroatoms. The van der Waals surface area contributed by atoms with Gasteiger partial charge >= 0.3 is 0 Å². The summed E-state index contributed by atoms with van der Waals surface area (Å²) >= 11 is 7.69. The standard InChI is InChI=1S/C15H8ClNOS/c16-9-5-6-13-11(7-9)12(8-18)15-10-3-1-2-4-14(10)19-17(13)15/h1-8H. The molecular weight excluding hydrogens is 278 g/mol. The van der Waals surface area contributed by atoms with Gasteiger partial charge in [0.2, 0.25) is 0 Å². The minimum Gasteiger partial charge on any atom is -0.298 e. The van der Waals surface area contributed by atoms with Gasteiger partial charge in [-0.2, -0.15) is 0 Å². The van der Waals surface area contributed by atoms with Crippen LogP contribution in [0.25, 0.3) is 26.5 Å². The van der Waals surface area contributed by atoms with Gasteiger partial charge in [0.05, 0.1) is 15.7 Å². The van der Waals surface area contributed by atoms with Gasteiger partial charge < -0.3 is 0 Å². The first-order valence-electron chi connectivity index (χ1n) is 5.86. The molecule has 0 saturated carbocycles. The van der Waals surface area contributed by atoms with Crippen molar-refractivity contribution in [1.29, 1.82) is 0 Å². The van der Waals surface area contributed by atoms with Crippen LogP contribution in [0.2, 0.25) is 5.02 Å². The number of aromatic nitrogens is 1. The number of halogens is 1. The fourth-order valence-electron chi connectivity index (χ4n) is 2.57. The highest BCUT2D eigenvalue weighted by molar-refractivity contribution is 7.15. The van der Waals surface area contributed by atoms with E-state index < -0.39 is 0 Å². The van der Waals surface area contributed by atoms with Gasteiger partial charge in [-0.05, 0) is 24.3 Å². The highest BCUT2D eigenvalue weighted by atomic mass is 35.5. The zero-order valence-electron chi connectivity index (χ0n) is 9.76. The van der Waals surface area contributed by atoms with Gasteiger partial charge in [-0.15, -0.1) is 0 Å². The Balaban J connectivity index is 2.36. The minimum absolute atomic E-state index is 0.651. The van der Waals surface area contributed by atoms with E-state index in [1.807, 2.05) is 30.3 Å². The lowest BCUT2D eigenvalue weighted by atomic mass is 10.1. The van der Waals surface area contributed by atoms with Crippen molar-refractivity contribution in [2.45, 2.75) is 0 Å². The predicted octanol–water partition coefficient (Wildman–Crippen LogP) is 4.77. The van der Waals surface area contributed by atoms with Crippen molar-refractivity contribution in [3.8, 4) is 0 Å². The topological polar surface area (TPSA) is 21.5 Å². The Morgan fingerprint density at radius 1 is 1.11 bits per heavy atom. The minimum atomic E-state index is 0.651. The van der Waals surface area contributed by atoms with Crippen molar-refractivity contribution in [2.75, 3.05) is 0 Å². The van der Waals surface area contributed by atoms with Gasteiger partial charge in [0.1, 0.15) is 0 Å². The number of hydrogen-bond donors (Lipinski definition) is 0. The van der Waals surface area contributed by atoms with E-state index >= 15 is 0 Å². The number of aldehydes is 1.